The predicted octanol–water partition coefficient (Wildman–Crippen LogP) is 3.29. The van der Waals surface area contributed by atoms with Gasteiger partial charge in [-0.3, -0.25) is 0 Å². The van der Waals surface area contributed by atoms with Crippen molar-refractivity contribution in [3.05, 3.63) is 53.6 Å². The number of benzene rings is 2. The van der Waals surface area contributed by atoms with E-state index in [4.69, 9.17) is 9.47 Å². The molecular formula is C19H21F2NO6S. The molecule has 158 valence electrons. The number of carbonyl (C=O) groups excluding carboxylic acids is 1. The summed E-state index contributed by atoms with van der Waals surface area (Å²) in [6, 6.07) is 9.81. The zero-order valence-corrected chi connectivity index (χ0v) is 16.9. The maximum absolute atomic E-state index is 12.8. The van der Waals surface area contributed by atoms with Crippen LogP contribution in [0.4, 0.5) is 8.78 Å². The number of halogens is 2. The maximum atomic E-state index is 12.8. The number of hydrogen-bond donors (Lipinski definition) is 0. The summed E-state index contributed by atoms with van der Waals surface area (Å²) < 4.78 is 65.9. The summed E-state index contributed by atoms with van der Waals surface area (Å²) in [6.45, 7) is -1.53. The van der Waals surface area contributed by atoms with Crippen molar-refractivity contribution in [3.8, 4) is 11.5 Å². The minimum absolute atomic E-state index is 0.00483. The highest BCUT2D eigenvalue weighted by Gasteiger charge is 2.20. The number of esters is 1. The van der Waals surface area contributed by atoms with Gasteiger partial charge < -0.3 is 14.2 Å². The molecule has 0 bridgehead atoms. The summed E-state index contributed by atoms with van der Waals surface area (Å²) in [5.74, 6) is -0.938. The molecule has 0 unspecified atom stereocenters. The summed E-state index contributed by atoms with van der Waals surface area (Å²) in [5, 5.41) is 0. The highest BCUT2D eigenvalue weighted by molar-refractivity contribution is 7.89. The lowest BCUT2D eigenvalue weighted by Crippen LogP contribution is -2.22. The Balaban J connectivity index is 2.23. The van der Waals surface area contributed by atoms with Crippen molar-refractivity contribution in [2.24, 2.45) is 0 Å². The fraction of sp³-hybridized carbons (Fsp3) is 0.316. The molecule has 0 saturated carbocycles. The summed E-state index contributed by atoms with van der Waals surface area (Å²) >= 11 is 0. The van der Waals surface area contributed by atoms with Gasteiger partial charge in [0.2, 0.25) is 10.0 Å². The largest absolute Gasteiger partial charge is 0.490 e. The second-order valence-electron chi connectivity index (χ2n) is 5.95. The van der Waals surface area contributed by atoms with Crippen molar-refractivity contribution in [1.29, 1.82) is 0 Å². The third-order valence-electron chi connectivity index (χ3n) is 3.77. The van der Waals surface area contributed by atoms with Crippen LogP contribution in [0.1, 0.15) is 22.8 Å². The molecule has 2 aromatic rings. The van der Waals surface area contributed by atoms with Gasteiger partial charge in [0.25, 0.3) is 0 Å². The van der Waals surface area contributed by atoms with Crippen LogP contribution < -0.4 is 9.47 Å². The molecule has 2 aromatic carbocycles. The standard InChI is InChI=1S/C19H21F2NO6S/c1-4-26-16-10-6-8-14(17(16)28-19(20)21)12-27-18(23)13-7-5-9-15(11-13)29(24,25)22(2)3/h5-11,19H,4,12H2,1-3H3. The zero-order chi connectivity index (χ0) is 21.6. The molecule has 0 aromatic heterocycles. The van der Waals surface area contributed by atoms with Gasteiger partial charge in [0.05, 0.1) is 17.1 Å². The van der Waals surface area contributed by atoms with Crippen LogP contribution >= 0.6 is 0 Å². The van der Waals surface area contributed by atoms with Gasteiger partial charge in [-0.05, 0) is 31.2 Å². The molecule has 0 saturated heterocycles. The topological polar surface area (TPSA) is 82.1 Å². The van der Waals surface area contributed by atoms with E-state index in [0.29, 0.717) is 0 Å². The quantitative estimate of drug-likeness (QED) is 0.569. The van der Waals surface area contributed by atoms with Crippen molar-refractivity contribution >= 4 is 16.0 Å². The Morgan fingerprint density at radius 2 is 1.83 bits per heavy atom. The first-order valence-corrected chi connectivity index (χ1v) is 10.00. The SMILES string of the molecule is CCOc1cccc(COC(=O)c2cccc(S(=O)(=O)N(C)C)c2)c1OC(F)F. The fourth-order valence-electron chi connectivity index (χ4n) is 2.39. The van der Waals surface area contributed by atoms with E-state index in [1.807, 2.05) is 0 Å². The Morgan fingerprint density at radius 1 is 1.14 bits per heavy atom. The van der Waals surface area contributed by atoms with E-state index in [9.17, 15) is 22.0 Å². The van der Waals surface area contributed by atoms with Crippen LogP contribution in [0.3, 0.4) is 0 Å². The molecule has 0 spiro atoms. The van der Waals surface area contributed by atoms with Gasteiger partial charge in [-0.15, -0.1) is 0 Å². The van der Waals surface area contributed by atoms with Crippen LogP contribution in [0, 0.1) is 0 Å². The molecule has 0 aliphatic heterocycles. The Hall–Kier alpha value is -2.72. The van der Waals surface area contributed by atoms with Crippen LogP contribution in [0.5, 0.6) is 11.5 Å². The van der Waals surface area contributed by atoms with E-state index in [1.54, 1.807) is 13.0 Å². The Labute approximate surface area is 167 Å². The van der Waals surface area contributed by atoms with Gasteiger partial charge in [-0.1, -0.05) is 18.2 Å². The molecular weight excluding hydrogens is 408 g/mol. The molecule has 0 aliphatic rings. The molecule has 0 atom stereocenters. The Kier molecular flexibility index (Phi) is 7.52. The number of rotatable bonds is 9. The maximum Gasteiger partial charge on any atom is 0.387 e. The zero-order valence-electron chi connectivity index (χ0n) is 16.1. The first kappa shape index (κ1) is 22.6. The molecule has 2 rings (SSSR count). The molecule has 29 heavy (non-hydrogen) atoms. The van der Waals surface area contributed by atoms with E-state index >= 15 is 0 Å². The number of ether oxygens (including phenoxy) is 3. The van der Waals surface area contributed by atoms with Crippen LogP contribution in [0.2, 0.25) is 0 Å². The minimum atomic E-state index is -3.73. The monoisotopic (exact) mass is 429 g/mol. The average Bonchev–Trinajstić information content (AvgIpc) is 2.67. The van der Waals surface area contributed by atoms with Crippen LogP contribution in [-0.2, 0) is 21.4 Å². The lowest BCUT2D eigenvalue weighted by Gasteiger charge is -2.15. The van der Waals surface area contributed by atoms with Gasteiger partial charge >= 0.3 is 12.6 Å². The number of para-hydroxylation sites is 1. The first-order valence-electron chi connectivity index (χ1n) is 8.56. The van der Waals surface area contributed by atoms with E-state index < -0.39 is 22.6 Å². The minimum Gasteiger partial charge on any atom is -0.490 e. The molecule has 10 heteroatoms. The molecule has 0 fully saturated rings. The van der Waals surface area contributed by atoms with Crippen LogP contribution in [0.15, 0.2) is 47.4 Å². The predicted molar refractivity (Wildman–Crippen MR) is 101 cm³/mol. The van der Waals surface area contributed by atoms with Crippen LogP contribution in [0.25, 0.3) is 0 Å². The molecule has 0 heterocycles. The summed E-state index contributed by atoms with van der Waals surface area (Å²) in [5.41, 5.74) is 0.187. The molecule has 7 nitrogen and oxygen atoms in total. The normalized spacial score (nSPS) is 11.6. The van der Waals surface area contributed by atoms with Crippen LogP contribution in [-0.4, -0.2) is 46.0 Å². The Morgan fingerprint density at radius 3 is 2.45 bits per heavy atom. The highest BCUT2D eigenvalue weighted by atomic mass is 32.2. The number of hydrogen-bond acceptors (Lipinski definition) is 6. The highest BCUT2D eigenvalue weighted by Crippen LogP contribution is 2.33. The summed E-state index contributed by atoms with van der Waals surface area (Å²) in [6.07, 6.45) is 0. The van der Waals surface area contributed by atoms with E-state index in [0.717, 1.165) is 4.31 Å². The van der Waals surface area contributed by atoms with Gasteiger partial charge in [0, 0.05) is 19.7 Å². The number of alkyl halides is 2. The molecule has 0 amide bonds. The molecule has 0 N–H and O–H groups in total. The van der Waals surface area contributed by atoms with Crippen molar-refractivity contribution in [2.45, 2.75) is 25.0 Å². The Bertz CT molecular complexity index is 963. The van der Waals surface area contributed by atoms with Gasteiger partial charge in [-0.2, -0.15) is 8.78 Å². The van der Waals surface area contributed by atoms with E-state index in [1.165, 1.54) is 50.5 Å². The molecule has 0 radical (unpaired) electrons. The lowest BCUT2D eigenvalue weighted by atomic mass is 10.2. The van der Waals surface area contributed by atoms with E-state index in [-0.39, 0.29) is 40.7 Å². The lowest BCUT2D eigenvalue weighted by molar-refractivity contribution is -0.0526. The second-order valence-corrected chi connectivity index (χ2v) is 8.10. The third-order valence-corrected chi connectivity index (χ3v) is 5.59. The molecule has 0 aliphatic carbocycles. The second kappa shape index (κ2) is 9.66. The van der Waals surface area contributed by atoms with Crippen molar-refractivity contribution < 1.29 is 36.2 Å². The first-order chi connectivity index (χ1) is 13.7. The van der Waals surface area contributed by atoms with Crippen molar-refractivity contribution in [2.75, 3.05) is 20.7 Å². The summed E-state index contributed by atoms with van der Waals surface area (Å²) in [4.78, 5) is 12.3. The number of sulfonamides is 1. The van der Waals surface area contributed by atoms with Gasteiger partial charge in [0.1, 0.15) is 6.61 Å². The third kappa shape index (κ3) is 5.64. The van der Waals surface area contributed by atoms with Crippen molar-refractivity contribution in [3.63, 3.8) is 0 Å². The van der Waals surface area contributed by atoms with Crippen molar-refractivity contribution in [1.82, 2.24) is 4.31 Å². The summed E-state index contributed by atoms with van der Waals surface area (Å²) in [7, 11) is -0.984. The van der Waals surface area contributed by atoms with Gasteiger partial charge in [0.15, 0.2) is 11.5 Å². The number of carbonyl (C=O) groups is 1. The van der Waals surface area contributed by atoms with Gasteiger partial charge in [-0.25, -0.2) is 17.5 Å². The number of nitrogens with zero attached hydrogens (tertiary/aromatic N) is 1. The average molecular weight is 429 g/mol. The fourth-order valence-corrected chi connectivity index (χ4v) is 3.34. The smallest absolute Gasteiger partial charge is 0.387 e. The van der Waals surface area contributed by atoms with E-state index in [2.05, 4.69) is 4.74 Å².